The molecule has 0 fully saturated rings. The minimum Gasteiger partial charge on any atom is -0.508 e. The molecule has 0 aliphatic rings. The van der Waals surface area contributed by atoms with Crippen molar-refractivity contribution in [1.29, 1.82) is 0 Å². The van der Waals surface area contributed by atoms with Crippen LogP contribution in [0.1, 0.15) is 51.2 Å². The summed E-state index contributed by atoms with van der Waals surface area (Å²) >= 11 is 0. The second-order valence-electron chi connectivity index (χ2n) is 5.74. The van der Waals surface area contributed by atoms with Gasteiger partial charge in [-0.25, -0.2) is 0 Å². The van der Waals surface area contributed by atoms with E-state index >= 15 is 0 Å². The van der Waals surface area contributed by atoms with E-state index in [4.69, 9.17) is 0 Å². The predicted molar refractivity (Wildman–Crippen MR) is 77.8 cm³/mol. The van der Waals surface area contributed by atoms with E-state index in [9.17, 15) is 5.11 Å². The maximum Gasteiger partial charge on any atom is 0.120 e. The molecule has 0 spiro atoms. The Balaban J connectivity index is 2.33. The fourth-order valence-corrected chi connectivity index (χ4v) is 2.07. The van der Waals surface area contributed by atoms with Gasteiger partial charge in [0.1, 0.15) is 5.75 Å². The topological polar surface area (TPSA) is 32.3 Å². The molecule has 0 aromatic heterocycles. The summed E-state index contributed by atoms with van der Waals surface area (Å²) in [4.78, 5) is 0. The smallest absolute Gasteiger partial charge is 0.120 e. The van der Waals surface area contributed by atoms with Gasteiger partial charge in [-0.1, -0.05) is 44.4 Å². The number of aryl methyl sites for hydroxylation is 1. The van der Waals surface area contributed by atoms with Gasteiger partial charge < -0.3 is 10.4 Å². The Kier molecular flexibility index (Phi) is 6.20. The summed E-state index contributed by atoms with van der Waals surface area (Å²) in [6.45, 7) is 9.55. The fraction of sp³-hybridized carbons (Fsp3) is 0.625. The highest BCUT2D eigenvalue weighted by molar-refractivity contribution is 5.35. The summed E-state index contributed by atoms with van der Waals surface area (Å²) in [7, 11) is 0. The highest BCUT2D eigenvalue weighted by Gasteiger charge is 2.05. The van der Waals surface area contributed by atoms with Gasteiger partial charge in [0.05, 0.1) is 0 Å². The molecule has 2 heteroatoms. The lowest BCUT2D eigenvalue weighted by molar-refractivity contribution is 0.440. The van der Waals surface area contributed by atoms with Crippen molar-refractivity contribution < 1.29 is 5.11 Å². The van der Waals surface area contributed by atoms with Crippen LogP contribution in [0, 0.1) is 12.8 Å². The van der Waals surface area contributed by atoms with Gasteiger partial charge in [-0.3, -0.25) is 0 Å². The zero-order valence-electron chi connectivity index (χ0n) is 12.2. The van der Waals surface area contributed by atoms with Gasteiger partial charge in [0, 0.05) is 18.2 Å². The Morgan fingerprint density at radius 1 is 1.17 bits per heavy atom. The number of hydrogen-bond acceptors (Lipinski definition) is 2. The molecule has 2 N–H and O–H groups in total. The number of benzene rings is 1. The third kappa shape index (κ3) is 5.54. The number of hydrogen-bond donors (Lipinski definition) is 2. The fourth-order valence-electron chi connectivity index (χ4n) is 2.07. The second kappa shape index (κ2) is 7.42. The lowest BCUT2D eigenvalue weighted by Gasteiger charge is -2.15. The summed E-state index contributed by atoms with van der Waals surface area (Å²) in [6.07, 6.45) is 3.76. The maximum absolute atomic E-state index is 9.76. The van der Waals surface area contributed by atoms with Crippen molar-refractivity contribution >= 4 is 0 Å². The first-order valence-corrected chi connectivity index (χ1v) is 7.01. The van der Waals surface area contributed by atoms with E-state index in [0.717, 1.165) is 18.0 Å². The van der Waals surface area contributed by atoms with Crippen molar-refractivity contribution in [2.75, 3.05) is 0 Å². The molecule has 0 saturated carbocycles. The molecular weight excluding hydrogens is 222 g/mol. The Labute approximate surface area is 111 Å². The summed E-state index contributed by atoms with van der Waals surface area (Å²) in [6, 6.07) is 6.26. The molecule has 0 aliphatic heterocycles. The van der Waals surface area contributed by atoms with Crippen molar-refractivity contribution in [1.82, 2.24) is 5.32 Å². The summed E-state index contributed by atoms with van der Waals surface area (Å²) < 4.78 is 0. The Bertz CT molecular complexity index is 360. The lowest BCUT2D eigenvalue weighted by Crippen LogP contribution is -2.25. The maximum atomic E-state index is 9.76. The zero-order chi connectivity index (χ0) is 13.5. The Morgan fingerprint density at radius 3 is 2.56 bits per heavy atom. The normalized spacial score (nSPS) is 12.9. The van der Waals surface area contributed by atoms with Crippen LogP contribution < -0.4 is 5.32 Å². The molecule has 18 heavy (non-hydrogen) atoms. The van der Waals surface area contributed by atoms with Crippen LogP contribution >= 0.6 is 0 Å². The molecule has 2 nitrogen and oxygen atoms in total. The lowest BCUT2D eigenvalue weighted by atomic mass is 10.0. The van der Waals surface area contributed by atoms with E-state index in [-0.39, 0.29) is 0 Å². The van der Waals surface area contributed by atoms with Gasteiger partial charge in [0.25, 0.3) is 0 Å². The van der Waals surface area contributed by atoms with Crippen LogP contribution in [-0.4, -0.2) is 11.1 Å². The van der Waals surface area contributed by atoms with Crippen LogP contribution in [0.3, 0.4) is 0 Å². The van der Waals surface area contributed by atoms with Crippen molar-refractivity contribution in [3.63, 3.8) is 0 Å². The molecule has 1 unspecified atom stereocenters. The quantitative estimate of drug-likeness (QED) is 0.765. The Hall–Kier alpha value is -1.02. The van der Waals surface area contributed by atoms with Gasteiger partial charge >= 0.3 is 0 Å². The zero-order valence-corrected chi connectivity index (χ0v) is 12.2. The van der Waals surface area contributed by atoms with Crippen LogP contribution in [0.4, 0.5) is 0 Å². The average Bonchev–Trinajstić information content (AvgIpc) is 2.30. The summed E-state index contributed by atoms with van der Waals surface area (Å²) in [5, 5.41) is 13.2. The van der Waals surface area contributed by atoms with Crippen molar-refractivity contribution in [3.05, 3.63) is 29.3 Å². The van der Waals surface area contributed by atoms with Crippen molar-refractivity contribution in [2.24, 2.45) is 5.92 Å². The predicted octanol–water partition coefficient (Wildman–Crippen LogP) is 4.01. The van der Waals surface area contributed by atoms with E-state index in [1.54, 1.807) is 6.07 Å². The SMILES string of the molecule is Cc1ccc(O)c(CNC(C)CCCC(C)C)c1. The number of phenols is 1. The number of phenolic OH excluding ortho intramolecular Hbond substituents is 1. The molecule has 0 amide bonds. The molecule has 1 aromatic carbocycles. The number of nitrogens with one attached hydrogen (secondary N) is 1. The first kappa shape index (κ1) is 15.0. The average molecular weight is 249 g/mol. The van der Waals surface area contributed by atoms with Gasteiger partial charge in [-0.05, 0) is 32.3 Å². The summed E-state index contributed by atoms with van der Waals surface area (Å²) in [5.74, 6) is 1.18. The highest BCUT2D eigenvalue weighted by Crippen LogP contribution is 2.18. The minimum absolute atomic E-state index is 0.391. The molecular formula is C16H27NO. The van der Waals surface area contributed by atoms with Crippen molar-refractivity contribution in [3.8, 4) is 5.75 Å². The number of rotatable bonds is 7. The second-order valence-corrected chi connectivity index (χ2v) is 5.74. The molecule has 1 aromatic rings. The van der Waals surface area contributed by atoms with E-state index in [1.165, 1.54) is 24.8 Å². The summed E-state index contributed by atoms with van der Waals surface area (Å²) in [5.41, 5.74) is 2.18. The van der Waals surface area contributed by atoms with Crippen LogP contribution in [0.15, 0.2) is 18.2 Å². The van der Waals surface area contributed by atoms with E-state index in [0.29, 0.717) is 11.8 Å². The minimum atomic E-state index is 0.391. The van der Waals surface area contributed by atoms with Crippen molar-refractivity contribution in [2.45, 2.75) is 59.5 Å². The molecule has 0 radical (unpaired) electrons. The third-order valence-corrected chi connectivity index (χ3v) is 3.29. The first-order valence-electron chi connectivity index (χ1n) is 7.01. The van der Waals surface area contributed by atoms with E-state index < -0.39 is 0 Å². The monoisotopic (exact) mass is 249 g/mol. The van der Waals surface area contributed by atoms with Gasteiger partial charge in [-0.15, -0.1) is 0 Å². The Morgan fingerprint density at radius 2 is 1.89 bits per heavy atom. The van der Waals surface area contributed by atoms with Gasteiger partial charge in [-0.2, -0.15) is 0 Å². The van der Waals surface area contributed by atoms with Gasteiger partial charge in [0.15, 0.2) is 0 Å². The molecule has 1 atom stereocenters. The van der Waals surface area contributed by atoms with Crippen LogP contribution in [0.25, 0.3) is 0 Å². The molecule has 0 aliphatic carbocycles. The standard InChI is InChI=1S/C16H27NO/c1-12(2)6-5-7-14(4)17-11-15-10-13(3)8-9-16(15)18/h8-10,12,14,17-18H,5-7,11H2,1-4H3. The molecule has 0 heterocycles. The molecule has 1 rings (SSSR count). The first-order chi connectivity index (χ1) is 8.49. The van der Waals surface area contributed by atoms with Crippen LogP contribution in [0.5, 0.6) is 5.75 Å². The van der Waals surface area contributed by atoms with Crippen LogP contribution in [0.2, 0.25) is 0 Å². The molecule has 0 saturated heterocycles. The van der Waals surface area contributed by atoms with Gasteiger partial charge in [0.2, 0.25) is 0 Å². The van der Waals surface area contributed by atoms with E-state index in [1.807, 2.05) is 12.1 Å². The molecule has 0 bridgehead atoms. The van der Waals surface area contributed by atoms with Crippen LogP contribution in [-0.2, 0) is 6.54 Å². The van der Waals surface area contributed by atoms with E-state index in [2.05, 4.69) is 33.0 Å². The third-order valence-electron chi connectivity index (χ3n) is 3.29. The highest BCUT2D eigenvalue weighted by atomic mass is 16.3. The largest absolute Gasteiger partial charge is 0.508 e. The molecule has 102 valence electrons. The number of aromatic hydroxyl groups is 1.